The van der Waals surface area contributed by atoms with Gasteiger partial charge in [-0.15, -0.1) is 0 Å². The van der Waals surface area contributed by atoms with Crippen LogP contribution in [0.1, 0.15) is 32.3 Å². The summed E-state index contributed by atoms with van der Waals surface area (Å²) < 4.78 is 5.59. The Morgan fingerprint density at radius 2 is 2.27 bits per heavy atom. The van der Waals surface area contributed by atoms with E-state index in [2.05, 4.69) is 16.4 Å². The number of hydrogen-bond donors (Lipinski definition) is 1. The first-order valence-corrected chi connectivity index (χ1v) is 5.58. The quantitative estimate of drug-likeness (QED) is 0.801. The largest absolute Gasteiger partial charge is 0.489 e. The summed E-state index contributed by atoms with van der Waals surface area (Å²) >= 11 is 0. The molecule has 1 N–H and O–H groups in total. The van der Waals surface area contributed by atoms with Gasteiger partial charge in [-0.05, 0) is 38.3 Å². The lowest BCUT2D eigenvalue weighted by atomic mass is 10.2. The molecule has 0 aromatic carbocycles. The van der Waals surface area contributed by atoms with Crippen molar-refractivity contribution in [2.45, 2.75) is 45.4 Å². The van der Waals surface area contributed by atoms with Crippen LogP contribution >= 0.6 is 0 Å². The molecule has 0 bridgehead atoms. The Morgan fingerprint density at radius 3 is 2.93 bits per heavy atom. The lowest BCUT2D eigenvalue weighted by Gasteiger charge is -2.10. The fourth-order valence-electron chi connectivity index (χ4n) is 1.45. The third kappa shape index (κ3) is 3.51. The van der Waals surface area contributed by atoms with Crippen molar-refractivity contribution in [3.63, 3.8) is 0 Å². The van der Waals surface area contributed by atoms with Crippen LogP contribution in [0.2, 0.25) is 0 Å². The topological polar surface area (TPSA) is 34.1 Å². The van der Waals surface area contributed by atoms with Crippen molar-refractivity contribution in [1.29, 1.82) is 0 Å². The van der Waals surface area contributed by atoms with Crippen molar-refractivity contribution in [3.8, 4) is 5.75 Å². The maximum absolute atomic E-state index is 5.59. The summed E-state index contributed by atoms with van der Waals surface area (Å²) in [6.07, 6.45) is 6.49. The van der Waals surface area contributed by atoms with E-state index in [4.69, 9.17) is 4.74 Å². The highest BCUT2D eigenvalue weighted by Crippen LogP contribution is 2.20. The van der Waals surface area contributed by atoms with Crippen molar-refractivity contribution in [1.82, 2.24) is 10.3 Å². The van der Waals surface area contributed by atoms with Crippen molar-refractivity contribution in [3.05, 3.63) is 24.0 Å². The third-order valence-electron chi connectivity index (χ3n) is 2.31. The van der Waals surface area contributed by atoms with Crippen LogP contribution in [0.25, 0.3) is 0 Å². The van der Waals surface area contributed by atoms with Crippen LogP contribution in [-0.4, -0.2) is 17.1 Å². The number of ether oxygens (including phenoxy) is 1. The average Bonchev–Trinajstić information content (AvgIpc) is 2.97. The molecule has 1 aromatic heterocycles. The van der Waals surface area contributed by atoms with Crippen LogP contribution in [0.3, 0.4) is 0 Å². The molecule has 0 unspecified atom stereocenters. The molecule has 15 heavy (non-hydrogen) atoms. The van der Waals surface area contributed by atoms with Crippen LogP contribution in [0.4, 0.5) is 0 Å². The Bertz CT molecular complexity index is 321. The van der Waals surface area contributed by atoms with Gasteiger partial charge < -0.3 is 10.1 Å². The van der Waals surface area contributed by atoms with Gasteiger partial charge in [0.25, 0.3) is 0 Å². The predicted octanol–water partition coefficient (Wildman–Crippen LogP) is 2.12. The van der Waals surface area contributed by atoms with Gasteiger partial charge in [-0.1, -0.05) is 0 Å². The molecule has 1 aliphatic rings. The zero-order valence-corrected chi connectivity index (χ0v) is 9.36. The lowest BCUT2D eigenvalue weighted by Crippen LogP contribution is -2.15. The maximum Gasteiger partial charge on any atom is 0.138 e. The van der Waals surface area contributed by atoms with Crippen LogP contribution in [0.15, 0.2) is 18.5 Å². The van der Waals surface area contributed by atoms with E-state index in [0.717, 1.165) is 18.3 Å². The standard InChI is InChI=1S/C12H18N2O/c1-9(2)15-12-5-10(6-13-8-12)7-14-11-3-4-11/h5-6,8-9,11,14H,3-4,7H2,1-2H3. The first-order chi connectivity index (χ1) is 7.24. The molecule has 3 heteroatoms. The molecule has 1 saturated carbocycles. The molecule has 3 nitrogen and oxygen atoms in total. The number of aromatic nitrogens is 1. The number of hydrogen-bond acceptors (Lipinski definition) is 3. The average molecular weight is 206 g/mol. The van der Waals surface area contributed by atoms with Crippen molar-refractivity contribution in [2.75, 3.05) is 0 Å². The molecule has 82 valence electrons. The van der Waals surface area contributed by atoms with E-state index in [1.807, 2.05) is 20.0 Å². The summed E-state index contributed by atoms with van der Waals surface area (Å²) in [5, 5.41) is 3.46. The second kappa shape index (κ2) is 4.62. The number of nitrogens with zero attached hydrogens (tertiary/aromatic N) is 1. The molecule has 1 aliphatic carbocycles. The Labute approximate surface area is 90.9 Å². The third-order valence-corrected chi connectivity index (χ3v) is 2.31. The molecule has 2 rings (SSSR count). The van der Waals surface area contributed by atoms with Crippen LogP contribution < -0.4 is 10.1 Å². The van der Waals surface area contributed by atoms with E-state index in [1.165, 1.54) is 18.4 Å². The first kappa shape index (κ1) is 10.4. The van der Waals surface area contributed by atoms with Crippen LogP contribution in [0.5, 0.6) is 5.75 Å². The van der Waals surface area contributed by atoms with Crippen LogP contribution in [0, 0.1) is 0 Å². The highest BCUT2D eigenvalue weighted by molar-refractivity contribution is 5.23. The summed E-state index contributed by atoms with van der Waals surface area (Å²) in [5.74, 6) is 0.861. The minimum atomic E-state index is 0.207. The second-order valence-electron chi connectivity index (χ2n) is 4.35. The molecule has 0 amide bonds. The van der Waals surface area contributed by atoms with Gasteiger partial charge in [-0.3, -0.25) is 4.98 Å². The maximum atomic E-state index is 5.59. The van der Waals surface area contributed by atoms with E-state index < -0.39 is 0 Å². The molecule has 0 radical (unpaired) electrons. The van der Waals surface area contributed by atoms with Gasteiger partial charge in [0.15, 0.2) is 0 Å². The zero-order valence-electron chi connectivity index (χ0n) is 9.36. The molecule has 0 atom stereocenters. The van der Waals surface area contributed by atoms with E-state index in [0.29, 0.717) is 0 Å². The van der Waals surface area contributed by atoms with Gasteiger partial charge in [0, 0.05) is 18.8 Å². The molecule has 1 heterocycles. The van der Waals surface area contributed by atoms with Crippen LogP contribution in [-0.2, 0) is 6.54 Å². The number of nitrogens with one attached hydrogen (secondary N) is 1. The lowest BCUT2D eigenvalue weighted by molar-refractivity contribution is 0.241. The zero-order chi connectivity index (χ0) is 10.7. The smallest absolute Gasteiger partial charge is 0.138 e. The summed E-state index contributed by atoms with van der Waals surface area (Å²) in [4.78, 5) is 4.17. The van der Waals surface area contributed by atoms with E-state index >= 15 is 0 Å². The van der Waals surface area contributed by atoms with Gasteiger partial charge in [0.2, 0.25) is 0 Å². The molecular formula is C12H18N2O. The summed E-state index contributed by atoms with van der Waals surface area (Å²) in [5.41, 5.74) is 1.19. The van der Waals surface area contributed by atoms with E-state index in [1.54, 1.807) is 6.20 Å². The molecule has 1 fully saturated rings. The minimum Gasteiger partial charge on any atom is -0.489 e. The Hall–Kier alpha value is -1.09. The summed E-state index contributed by atoms with van der Waals surface area (Å²) in [6.45, 7) is 4.94. The molecular weight excluding hydrogens is 188 g/mol. The predicted molar refractivity (Wildman–Crippen MR) is 59.9 cm³/mol. The first-order valence-electron chi connectivity index (χ1n) is 5.58. The number of pyridine rings is 1. The van der Waals surface area contributed by atoms with Crippen molar-refractivity contribution in [2.24, 2.45) is 0 Å². The Morgan fingerprint density at radius 1 is 1.47 bits per heavy atom. The number of rotatable bonds is 5. The highest BCUT2D eigenvalue weighted by atomic mass is 16.5. The van der Waals surface area contributed by atoms with E-state index in [-0.39, 0.29) is 6.10 Å². The fraction of sp³-hybridized carbons (Fsp3) is 0.583. The molecule has 0 saturated heterocycles. The SMILES string of the molecule is CC(C)Oc1cncc(CNC2CC2)c1. The molecule has 0 spiro atoms. The Kier molecular flexibility index (Phi) is 3.21. The van der Waals surface area contributed by atoms with E-state index in [9.17, 15) is 0 Å². The summed E-state index contributed by atoms with van der Waals surface area (Å²) in [7, 11) is 0. The monoisotopic (exact) mass is 206 g/mol. The molecule has 0 aliphatic heterocycles. The van der Waals surface area contributed by atoms with Crippen molar-refractivity contribution >= 4 is 0 Å². The van der Waals surface area contributed by atoms with Gasteiger partial charge in [-0.25, -0.2) is 0 Å². The fourth-order valence-corrected chi connectivity index (χ4v) is 1.45. The second-order valence-corrected chi connectivity index (χ2v) is 4.35. The van der Waals surface area contributed by atoms with Gasteiger partial charge in [0.05, 0.1) is 12.3 Å². The summed E-state index contributed by atoms with van der Waals surface area (Å²) in [6, 6.07) is 2.79. The Balaban J connectivity index is 1.91. The normalized spacial score (nSPS) is 15.7. The molecule has 1 aromatic rings. The van der Waals surface area contributed by atoms with Gasteiger partial charge >= 0.3 is 0 Å². The minimum absolute atomic E-state index is 0.207. The highest BCUT2D eigenvalue weighted by Gasteiger charge is 2.19. The van der Waals surface area contributed by atoms with Gasteiger partial charge in [0.1, 0.15) is 5.75 Å². The van der Waals surface area contributed by atoms with Gasteiger partial charge in [-0.2, -0.15) is 0 Å². The van der Waals surface area contributed by atoms with Crippen molar-refractivity contribution < 1.29 is 4.74 Å².